The lowest BCUT2D eigenvalue weighted by molar-refractivity contribution is -0.132. The Balaban J connectivity index is 1.21. The molecule has 6 nitrogen and oxygen atoms in total. The van der Waals surface area contributed by atoms with Crippen LogP contribution in [-0.2, 0) is 4.79 Å². The van der Waals surface area contributed by atoms with E-state index in [0.717, 1.165) is 86.4 Å². The highest BCUT2D eigenvalue weighted by Gasteiger charge is 2.35. The zero-order valence-corrected chi connectivity index (χ0v) is 20.7. The second-order valence-corrected chi connectivity index (χ2v) is 10.7. The molecule has 0 bridgehead atoms. The summed E-state index contributed by atoms with van der Waals surface area (Å²) < 4.78 is 17.1. The normalized spacial score (nSPS) is 21.4. The van der Waals surface area contributed by atoms with E-state index in [9.17, 15) is 4.79 Å². The molecule has 6 rings (SSSR count). The number of rotatable bonds is 5. The molecular formula is C28H34FN5O. The predicted octanol–water partition coefficient (Wildman–Crippen LogP) is 4.40. The fourth-order valence-corrected chi connectivity index (χ4v) is 5.73. The standard InChI is InChI=1S/C28H34FN5O/c1-19(2)33-10-8-22(17-33)24-6-5-21(15-25(24)29)23-16-27-26(7-9-30-34(27)18-23)31-11-13-32(14-12-31)28(35)20-3-4-20/h5-7,9,15-16,18-20,22H,3-4,8,10-14,17H2,1-2H3. The van der Waals surface area contributed by atoms with Crippen molar-refractivity contribution in [2.24, 2.45) is 5.92 Å². The second kappa shape index (κ2) is 8.94. The summed E-state index contributed by atoms with van der Waals surface area (Å²) in [7, 11) is 0. The average Bonchev–Trinajstić information content (AvgIpc) is 3.42. The van der Waals surface area contributed by atoms with E-state index in [1.54, 1.807) is 6.07 Å². The largest absolute Gasteiger partial charge is 0.366 e. The molecule has 7 heteroatoms. The maximum atomic E-state index is 15.2. The van der Waals surface area contributed by atoms with E-state index in [-0.39, 0.29) is 17.7 Å². The third-order valence-corrected chi connectivity index (χ3v) is 8.07. The Labute approximate surface area is 206 Å². The number of nitrogens with zero attached hydrogens (tertiary/aromatic N) is 5. The van der Waals surface area contributed by atoms with E-state index in [1.165, 1.54) is 0 Å². The number of carbonyl (C=O) groups excluding carboxylic acids is 1. The van der Waals surface area contributed by atoms with Crippen LogP contribution in [0.15, 0.2) is 42.7 Å². The number of fused-ring (bicyclic) bond motifs is 1. The Kier molecular flexibility index (Phi) is 5.75. The van der Waals surface area contributed by atoms with Crippen LogP contribution in [0.4, 0.5) is 10.1 Å². The average molecular weight is 476 g/mol. The quantitative estimate of drug-likeness (QED) is 0.549. The van der Waals surface area contributed by atoms with Crippen LogP contribution in [0.25, 0.3) is 16.6 Å². The van der Waals surface area contributed by atoms with Gasteiger partial charge in [0.2, 0.25) is 5.91 Å². The fraction of sp³-hybridized carbons (Fsp3) is 0.500. The molecule has 184 valence electrons. The highest BCUT2D eigenvalue weighted by molar-refractivity contribution is 5.82. The summed E-state index contributed by atoms with van der Waals surface area (Å²) in [5, 5.41) is 4.51. The summed E-state index contributed by atoms with van der Waals surface area (Å²) in [5.74, 6) is 0.753. The van der Waals surface area contributed by atoms with Gasteiger partial charge in [0.05, 0.1) is 11.2 Å². The summed E-state index contributed by atoms with van der Waals surface area (Å²) in [6.07, 6.45) is 6.91. The van der Waals surface area contributed by atoms with Crippen molar-refractivity contribution in [1.82, 2.24) is 19.4 Å². The maximum Gasteiger partial charge on any atom is 0.225 e. The number of benzene rings is 1. The minimum atomic E-state index is -0.113. The van der Waals surface area contributed by atoms with Crippen molar-refractivity contribution in [3.8, 4) is 11.1 Å². The molecule has 1 amide bonds. The van der Waals surface area contributed by atoms with Crippen LogP contribution >= 0.6 is 0 Å². The van der Waals surface area contributed by atoms with Gasteiger partial charge < -0.3 is 14.7 Å². The number of piperazine rings is 1. The number of carbonyl (C=O) groups is 1. The first-order valence-corrected chi connectivity index (χ1v) is 13.0. The zero-order valence-electron chi connectivity index (χ0n) is 20.7. The molecule has 0 N–H and O–H groups in total. The molecule has 2 aliphatic heterocycles. The van der Waals surface area contributed by atoms with Gasteiger partial charge in [0.25, 0.3) is 0 Å². The number of halogens is 1. The number of likely N-dealkylation sites (tertiary alicyclic amines) is 1. The molecule has 2 aromatic heterocycles. The first-order valence-electron chi connectivity index (χ1n) is 13.0. The van der Waals surface area contributed by atoms with Crippen LogP contribution in [0.3, 0.4) is 0 Å². The lowest BCUT2D eigenvalue weighted by atomic mass is 9.95. The van der Waals surface area contributed by atoms with Crippen molar-refractivity contribution in [3.63, 3.8) is 0 Å². The van der Waals surface area contributed by atoms with Gasteiger partial charge in [-0.3, -0.25) is 4.79 Å². The molecule has 4 heterocycles. The molecule has 1 atom stereocenters. The predicted molar refractivity (Wildman–Crippen MR) is 136 cm³/mol. The Hall–Kier alpha value is -2.93. The Bertz CT molecular complexity index is 1240. The molecular weight excluding hydrogens is 441 g/mol. The Morgan fingerprint density at radius 2 is 1.80 bits per heavy atom. The van der Waals surface area contributed by atoms with Crippen LogP contribution in [0.5, 0.6) is 0 Å². The van der Waals surface area contributed by atoms with Crippen LogP contribution < -0.4 is 4.90 Å². The monoisotopic (exact) mass is 475 g/mol. The Morgan fingerprint density at radius 1 is 1.00 bits per heavy atom. The SMILES string of the molecule is CC(C)N1CCC(c2ccc(-c3cc4c(N5CCN(C(=O)C6CC6)CC5)ccnn4c3)cc2F)C1. The van der Waals surface area contributed by atoms with Crippen LogP contribution in [0.1, 0.15) is 44.6 Å². The number of hydrogen-bond acceptors (Lipinski definition) is 4. The van der Waals surface area contributed by atoms with E-state index in [2.05, 4.69) is 34.8 Å². The molecule has 0 spiro atoms. The van der Waals surface area contributed by atoms with E-state index >= 15 is 4.39 Å². The molecule has 0 radical (unpaired) electrons. The molecule has 1 aromatic carbocycles. The number of hydrogen-bond donors (Lipinski definition) is 0. The van der Waals surface area contributed by atoms with Gasteiger partial charge in [0.15, 0.2) is 0 Å². The first kappa shape index (κ1) is 22.5. The first-order chi connectivity index (χ1) is 17.0. The molecule has 3 aliphatic rings. The van der Waals surface area contributed by atoms with Crippen molar-refractivity contribution < 1.29 is 9.18 Å². The van der Waals surface area contributed by atoms with Crippen molar-refractivity contribution >= 4 is 17.1 Å². The molecule has 1 unspecified atom stereocenters. The van der Waals surface area contributed by atoms with Gasteiger partial charge in [-0.1, -0.05) is 12.1 Å². The third-order valence-electron chi connectivity index (χ3n) is 8.07. The van der Waals surface area contributed by atoms with Crippen molar-refractivity contribution in [2.45, 2.75) is 45.1 Å². The van der Waals surface area contributed by atoms with E-state index < -0.39 is 0 Å². The number of anilines is 1. The highest BCUT2D eigenvalue weighted by atomic mass is 19.1. The van der Waals surface area contributed by atoms with Gasteiger partial charge in [0.1, 0.15) is 5.82 Å². The third kappa shape index (κ3) is 4.31. The van der Waals surface area contributed by atoms with Crippen molar-refractivity contribution in [2.75, 3.05) is 44.2 Å². The van der Waals surface area contributed by atoms with Crippen LogP contribution in [0, 0.1) is 11.7 Å². The summed E-state index contributed by atoms with van der Waals surface area (Å²) in [5.41, 5.74) is 4.80. The van der Waals surface area contributed by atoms with Gasteiger partial charge in [0, 0.05) is 68.6 Å². The van der Waals surface area contributed by atoms with Crippen molar-refractivity contribution in [3.05, 3.63) is 54.1 Å². The van der Waals surface area contributed by atoms with E-state index in [0.29, 0.717) is 11.9 Å². The minimum Gasteiger partial charge on any atom is -0.366 e. The second-order valence-electron chi connectivity index (χ2n) is 10.7. The summed E-state index contributed by atoms with van der Waals surface area (Å²) >= 11 is 0. The number of aromatic nitrogens is 2. The van der Waals surface area contributed by atoms with Gasteiger partial charge in [-0.25, -0.2) is 8.91 Å². The zero-order chi connectivity index (χ0) is 24.1. The van der Waals surface area contributed by atoms with Crippen LogP contribution in [0.2, 0.25) is 0 Å². The van der Waals surface area contributed by atoms with Crippen LogP contribution in [-0.4, -0.2) is 70.6 Å². The maximum absolute atomic E-state index is 15.2. The Morgan fingerprint density at radius 3 is 2.49 bits per heavy atom. The highest BCUT2D eigenvalue weighted by Crippen LogP contribution is 2.35. The smallest absolute Gasteiger partial charge is 0.225 e. The van der Waals surface area contributed by atoms with Crippen molar-refractivity contribution in [1.29, 1.82) is 0 Å². The summed E-state index contributed by atoms with van der Waals surface area (Å²) in [6.45, 7) is 9.53. The molecule has 35 heavy (non-hydrogen) atoms. The van der Waals surface area contributed by atoms with Gasteiger partial charge >= 0.3 is 0 Å². The summed E-state index contributed by atoms with van der Waals surface area (Å²) in [6, 6.07) is 10.4. The molecule has 2 saturated heterocycles. The van der Waals surface area contributed by atoms with Gasteiger partial charge in [-0.2, -0.15) is 5.10 Å². The van der Waals surface area contributed by atoms with Gasteiger partial charge in [-0.05, 0) is 69.0 Å². The topological polar surface area (TPSA) is 44.1 Å². The minimum absolute atomic E-state index is 0.113. The molecule has 3 aromatic rings. The number of amides is 1. The molecule has 1 aliphatic carbocycles. The molecule has 1 saturated carbocycles. The van der Waals surface area contributed by atoms with E-state index in [4.69, 9.17) is 0 Å². The summed E-state index contributed by atoms with van der Waals surface area (Å²) in [4.78, 5) is 19.2. The van der Waals surface area contributed by atoms with E-state index in [1.807, 2.05) is 40.0 Å². The lowest BCUT2D eigenvalue weighted by Crippen LogP contribution is -2.49. The lowest BCUT2D eigenvalue weighted by Gasteiger charge is -2.36. The van der Waals surface area contributed by atoms with Gasteiger partial charge in [-0.15, -0.1) is 0 Å². The fourth-order valence-electron chi connectivity index (χ4n) is 5.73. The molecule has 3 fully saturated rings.